The fraction of sp³-hybridized carbons (Fsp3) is 0.636. The standard InChI is InChI=1S/C11H20N4OS/c1-8(4-5-11(16)14-12)15(3)6-10-9(2)13-7-17-10/h7-8H,4-6,12H2,1-3H3,(H,14,16). The third-order valence-corrected chi connectivity index (χ3v) is 3.86. The maximum absolute atomic E-state index is 11.0. The second-order valence-corrected chi connectivity index (χ2v) is 5.17. The van der Waals surface area contributed by atoms with Gasteiger partial charge in [-0.2, -0.15) is 0 Å². The first-order valence-corrected chi connectivity index (χ1v) is 6.51. The molecular weight excluding hydrogens is 236 g/mol. The summed E-state index contributed by atoms with van der Waals surface area (Å²) < 4.78 is 0. The molecule has 0 radical (unpaired) electrons. The number of nitrogens with zero attached hydrogens (tertiary/aromatic N) is 2. The maximum atomic E-state index is 11.0. The summed E-state index contributed by atoms with van der Waals surface area (Å²) in [6, 6.07) is 0.341. The van der Waals surface area contributed by atoms with Gasteiger partial charge in [0.1, 0.15) is 0 Å². The lowest BCUT2D eigenvalue weighted by Gasteiger charge is -2.24. The molecule has 0 spiro atoms. The first-order valence-electron chi connectivity index (χ1n) is 5.63. The van der Waals surface area contributed by atoms with Gasteiger partial charge in [0.05, 0.1) is 11.2 Å². The van der Waals surface area contributed by atoms with Crippen LogP contribution in [0, 0.1) is 6.92 Å². The monoisotopic (exact) mass is 256 g/mol. The van der Waals surface area contributed by atoms with Crippen molar-refractivity contribution in [2.24, 2.45) is 5.84 Å². The van der Waals surface area contributed by atoms with E-state index in [1.165, 1.54) is 4.88 Å². The SMILES string of the molecule is Cc1ncsc1CN(C)C(C)CCC(=O)NN. The summed E-state index contributed by atoms with van der Waals surface area (Å²) in [6.45, 7) is 5.01. The van der Waals surface area contributed by atoms with Crippen LogP contribution in [-0.4, -0.2) is 28.9 Å². The second kappa shape index (κ2) is 6.68. The molecule has 0 aliphatic carbocycles. The molecule has 0 fully saturated rings. The van der Waals surface area contributed by atoms with E-state index in [-0.39, 0.29) is 5.91 Å². The highest BCUT2D eigenvalue weighted by molar-refractivity contribution is 7.09. The number of nitrogens with two attached hydrogens (primary N) is 1. The van der Waals surface area contributed by atoms with E-state index in [2.05, 4.69) is 29.3 Å². The highest BCUT2D eigenvalue weighted by Crippen LogP contribution is 2.16. The van der Waals surface area contributed by atoms with Gasteiger partial charge in [-0.05, 0) is 27.3 Å². The number of rotatable bonds is 6. The van der Waals surface area contributed by atoms with Gasteiger partial charge in [0.2, 0.25) is 5.91 Å². The number of aromatic nitrogens is 1. The summed E-state index contributed by atoms with van der Waals surface area (Å²) in [5.41, 5.74) is 5.11. The van der Waals surface area contributed by atoms with E-state index in [1.807, 2.05) is 12.4 Å². The summed E-state index contributed by atoms with van der Waals surface area (Å²) >= 11 is 1.67. The minimum atomic E-state index is -0.112. The van der Waals surface area contributed by atoms with Crippen LogP contribution in [0.25, 0.3) is 0 Å². The number of carbonyl (C=O) groups excluding carboxylic acids is 1. The molecule has 1 aromatic heterocycles. The zero-order valence-electron chi connectivity index (χ0n) is 10.6. The number of hydrogen-bond acceptors (Lipinski definition) is 5. The predicted molar refractivity (Wildman–Crippen MR) is 69.3 cm³/mol. The molecule has 1 rings (SSSR count). The Morgan fingerprint density at radius 3 is 2.94 bits per heavy atom. The van der Waals surface area contributed by atoms with Gasteiger partial charge < -0.3 is 0 Å². The van der Waals surface area contributed by atoms with Crippen LogP contribution in [0.2, 0.25) is 0 Å². The quantitative estimate of drug-likeness (QED) is 0.453. The van der Waals surface area contributed by atoms with Crippen molar-refractivity contribution in [3.8, 4) is 0 Å². The fourth-order valence-corrected chi connectivity index (χ4v) is 2.33. The van der Waals surface area contributed by atoms with Crippen LogP contribution in [0.1, 0.15) is 30.3 Å². The van der Waals surface area contributed by atoms with E-state index >= 15 is 0 Å². The van der Waals surface area contributed by atoms with Gasteiger partial charge in [0.15, 0.2) is 0 Å². The summed E-state index contributed by atoms with van der Waals surface area (Å²) in [5.74, 6) is 4.93. The fourth-order valence-electron chi connectivity index (χ4n) is 1.49. The van der Waals surface area contributed by atoms with Crippen molar-refractivity contribution >= 4 is 17.2 Å². The van der Waals surface area contributed by atoms with E-state index in [1.54, 1.807) is 11.3 Å². The Morgan fingerprint density at radius 2 is 2.41 bits per heavy atom. The van der Waals surface area contributed by atoms with E-state index in [4.69, 9.17) is 5.84 Å². The molecule has 96 valence electrons. The molecule has 0 saturated carbocycles. The Morgan fingerprint density at radius 1 is 1.71 bits per heavy atom. The normalized spacial score (nSPS) is 12.8. The molecule has 1 amide bonds. The van der Waals surface area contributed by atoms with Crippen molar-refractivity contribution in [3.63, 3.8) is 0 Å². The van der Waals surface area contributed by atoms with Crippen LogP contribution in [0.5, 0.6) is 0 Å². The lowest BCUT2D eigenvalue weighted by Crippen LogP contribution is -2.33. The number of nitrogens with one attached hydrogen (secondary N) is 1. The minimum absolute atomic E-state index is 0.112. The average Bonchev–Trinajstić information content (AvgIpc) is 2.71. The van der Waals surface area contributed by atoms with Gasteiger partial charge in [0.25, 0.3) is 0 Å². The Balaban J connectivity index is 2.39. The van der Waals surface area contributed by atoms with Crippen LogP contribution in [-0.2, 0) is 11.3 Å². The van der Waals surface area contributed by atoms with Crippen molar-refractivity contribution in [3.05, 3.63) is 16.1 Å². The molecule has 0 aliphatic heterocycles. The molecule has 0 aliphatic rings. The topological polar surface area (TPSA) is 71.2 Å². The average molecular weight is 256 g/mol. The first-order chi connectivity index (χ1) is 8.04. The van der Waals surface area contributed by atoms with Crippen LogP contribution in [0.3, 0.4) is 0 Å². The third kappa shape index (κ3) is 4.41. The van der Waals surface area contributed by atoms with Gasteiger partial charge in [-0.15, -0.1) is 11.3 Å². The molecule has 1 aromatic rings. The largest absolute Gasteiger partial charge is 0.299 e. The Labute approximate surface area is 106 Å². The van der Waals surface area contributed by atoms with Gasteiger partial charge in [0, 0.05) is 23.9 Å². The molecule has 0 bridgehead atoms. The molecule has 0 saturated heterocycles. The molecule has 0 aromatic carbocycles. The summed E-state index contributed by atoms with van der Waals surface area (Å²) in [4.78, 5) is 18.8. The van der Waals surface area contributed by atoms with E-state index in [0.717, 1.165) is 18.7 Å². The molecule has 6 heteroatoms. The number of thiazole rings is 1. The molecule has 3 N–H and O–H groups in total. The first kappa shape index (κ1) is 14.1. The molecule has 1 heterocycles. The van der Waals surface area contributed by atoms with Crippen molar-refractivity contribution in [1.29, 1.82) is 0 Å². The lowest BCUT2D eigenvalue weighted by molar-refractivity contribution is -0.121. The Kier molecular flexibility index (Phi) is 5.54. The van der Waals surface area contributed by atoms with E-state index in [9.17, 15) is 4.79 Å². The smallest absolute Gasteiger partial charge is 0.233 e. The molecule has 17 heavy (non-hydrogen) atoms. The zero-order valence-corrected chi connectivity index (χ0v) is 11.4. The van der Waals surface area contributed by atoms with Crippen LogP contribution >= 0.6 is 11.3 Å². The molecule has 1 unspecified atom stereocenters. The van der Waals surface area contributed by atoms with Crippen LogP contribution in [0.15, 0.2) is 5.51 Å². The number of aryl methyl sites for hydroxylation is 1. The summed E-state index contributed by atoms with van der Waals surface area (Å²) in [5, 5.41) is 0. The van der Waals surface area contributed by atoms with Crippen molar-refractivity contribution in [1.82, 2.24) is 15.3 Å². The third-order valence-electron chi connectivity index (χ3n) is 2.94. The molecule has 1 atom stereocenters. The van der Waals surface area contributed by atoms with E-state index in [0.29, 0.717) is 12.5 Å². The van der Waals surface area contributed by atoms with Crippen LogP contribution < -0.4 is 11.3 Å². The maximum Gasteiger partial charge on any atom is 0.233 e. The van der Waals surface area contributed by atoms with Gasteiger partial charge in [-0.1, -0.05) is 0 Å². The lowest BCUT2D eigenvalue weighted by atomic mass is 10.1. The number of amides is 1. The van der Waals surface area contributed by atoms with Gasteiger partial charge >= 0.3 is 0 Å². The summed E-state index contributed by atoms with van der Waals surface area (Å²) in [6.07, 6.45) is 1.26. The van der Waals surface area contributed by atoms with Gasteiger partial charge in [-0.3, -0.25) is 15.1 Å². The number of hydrogen-bond donors (Lipinski definition) is 2. The van der Waals surface area contributed by atoms with Crippen molar-refractivity contribution < 1.29 is 4.79 Å². The van der Waals surface area contributed by atoms with Crippen molar-refractivity contribution in [2.75, 3.05) is 7.05 Å². The minimum Gasteiger partial charge on any atom is -0.299 e. The molecular formula is C11H20N4OS. The molecule has 5 nitrogen and oxygen atoms in total. The Hall–Kier alpha value is -0.980. The zero-order chi connectivity index (χ0) is 12.8. The highest BCUT2D eigenvalue weighted by atomic mass is 32.1. The second-order valence-electron chi connectivity index (χ2n) is 4.23. The highest BCUT2D eigenvalue weighted by Gasteiger charge is 2.13. The van der Waals surface area contributed by atoms with Crippen molar-refractivity contribution in [2.45, 2.75) is 39.3 Å². The van der Waals surface area contributed by atoms with E-state index < -0.39 is 0 Å². The number of hydrazine groups is 1. The Bertz CT molecular complexity index is 366. The van der Waals surface area contributed by atoms with Crippen LogP contribution in [0.4, 0.5) is 0 Å². The predicted octanol–water partition coefficient (Wildman–Crippen LogP) is 1.04. The van der Waals surface area contributed by atoms with Gasteiger partial charge in [-0.25, -0.2) is 10.8 Å². The summed E-state index contributed by atoms with van der Waals surface area (Å²) in [7, 11) is 2.06. The number of carbonyl (C=O) groups is 1.